The number of hydrogen-bond donors (Lipinski definition) is 3. The average Bonchev–Trinajstić information content (AvgIpc) is 2.12. The molecule has 0 radical (unpaired) electrons. The molecular weight excluding hydrogens is 188 g/mol. The predicted octanol–water partition coefficient (Wildman–Crippen LogP) is 0.571. The van der Waals surface area contributed by atoms with E-state index < -0.39 is 24.0 Å². The molecule has 2 atom stereocenters. The Morgan fingerprint density at radius 1 is 1.36 bits per heavy atom. The highest BCUT2D eigenvalue weighted by Crippen LogP contribution is 2.30. The molecule has 0 saturated carbocycles. The zero-order valence-electron chi connectivity index (χ0n) is 8.36. The summed E-state index contributed by atoms with van der Waals surface area (Å²) >= 11 is 0. The summed E-state index contributed by atoms with van der Waals surface area (Å²) in [6.45, 7) is 2.57. The van der Waals surface area contributed by atoms with Crippen LogP contribution in [0.25, 0.3) is 0 Å². The van der Waals surface area contributed by atoms with Gasteiger partial charge in [0.2, 0.25) is 0 Å². The second-order valence-electron chi connectivity index (χ2n) is 3.71. The molecular formula is C9H16O5. The lowest BCUT2D eigenvalue weighted by Gasteiger charge is -2.28. The number of aliphatic hydroxyl groups is 1. The maximum Gasteiger partial charge on any atom is 0.311 e. The molecule has 2 unspecified atom stereocenters. The Kier molecular flexibility index (Phi) is 4.56. The molecule has 0 aliphatic heterocycles. The van der Waals surface area contributed by atoms with Crippen molar-refractivity contribution in [3.05, 3.63) is 0 Å². The highest BCUT2D eigenvalue weighted by atomic mass is 16.4. The smallest absolute Gasteiger partial charge is 0.311 e. The second-order valence-corrected chi connectivity index (χ2v) is 3.71. The molecule has 0 aromatic carbocycles. The van der Waals surface area contributed by atoms with Crippen LogP contribution in [0.5, 0.6) is 0 Å². The van der Waals surface area contributed by atoms with Gasteiger partial charge in [0.1, 0.15) is 0 Å². The Balaban J connectivity index is 4.38. The van der Waals surface area contributed by atoms with Crippen LogP contribution in [0.15, 0.2) is 0 Å². The van der Waals surface area contributed by atoms with Gasteiger partial charge in [0.15, 0.2) is 0 Å². The molecule has 14 heavy (non-hydrogen) atoms. The van der Waals surface area contributed by atoms with Crippen LogP contribution in [0, 0.1) is 11.3 Å². The maximum atomic E-state index is 10.8. The van der Waals surface area contributed by atoms with E-state index in [4.69, 9.17) is 15.3 Å². The first-order valence-electron chi connectivity index (χ1n) is 4.40. The number of carboxylic acid groups (broad SMARTS) is 2. The van der Waals surface area contributed by atoms with E-state index in [0.29, 0.717) is 0 Å². The fraction of sp³-hybridized carbons (Fsp3) is 0.778. The highest BCUT2D eigenvalue weighted by molar-refractivity contribution is 5.74. The second kappa shape index (κ2) is 4.95. The van der Waals surface area contributed by atoms with Crippen LogP contribution >= 0.6 is 0 Å². The van der Waals surface area contributed by atoms with E-state index in [1.807, 2.05) is 0 Å². The molecule has 0 fully saturated rings. The quantitative estimate of drug-likeness (QED) is 0.588. The molecule has 3 N–H and O–H groups in total. The summed E-state index contributed by atoms with van der Waals surface area (Å²) in [5.74, 6) is -2.43. The van der Waals surface area contributed by atoms with Crippen molar-refractivity contribution in [1.82, 2.24) is 0 Å². The molecule has 0 rings (SSSR count). The van der Waals surface area contributed by atoms with Crippen LogP contribution in [-0.2, 0) is 9.59 Å². The lowest BCUT2D eigenvalue weighted by Crippen LogP contribution is -2.38. The largest absolute Gasteiger partial charge is 0.481 e. The normalized spacial score (nSPS) is 17.1. The summed E-state index contributed by atoms with van der Waals surface area (Å²) in [5.41, 5.74) is -1.25. The molecule has 0 bridgehead atoms. The summed E-state index contributed by atoms with van der Waals surface area (Å²) in [7, 11) is 0. The third-order valence-corrected chi connectivity index (χ3v) is 2.70. The van der Waals surface area contributed by atoms with Crippen molar-refractivity contribution in [3.8, 4) is 0 Å². The molecule has 0 saturated heterocycles. The van der Waals surface area contributed by atoms with Gasteiger partial charge in [-0.2, -0.15) is 0 Å². The van der Waals surface area contributed by atoms with Crippen molar-refractivity contribution >= 4 is 11.9 Å². The Morgan fingerprint density at radius 3 is 2.14 bits per heavy atom. The highest BCUT2D eigenvalue weighted by Gasteiger charge is 2.38. The lowest BCUT2D eigenvalue weighted by atomic mass is 9.76. The topological polar surface area (TPSA) is 94.8 Å². The summed E-state index contributed by atoms with van der Waals surface area (Å²) < 4.78 is 0. The molecule has 0 spiro atoms. The number of aliphatic carboxylic acids is 2. The van der Waals surface area contributed by atoms with Crippen molar-refractivity contribution in [2.45, 2.75) is 26.7 Å². The first-order chi connectivity index (χ1) is 6.34. The van der Waals surface area contributed by atoms with E-state index in [1.165, 1.54) is 6.92 Å². The number of rotatable bonds is 6. The molecule has 0 aromatic rings. The first-order valence-corrected chi connectivity index (χ1v) is 4.40. The van der Waals surface area contributed by atoms with E-state index >= 15 is 0 Å². The van der Waals surface area contributed by atoms with Gasteiger partial charge in [-0.25, -0.2) is 0 Å². The van der Waals surface area contributed by atoms with Crippen molar-refractivity contribution in [2.75, 3.05) is 6.61 Å². The van der Waals surface area contributed by atoms with Crippen LogP contribution in [-0.4, -0.2) is 33.9 Å². The molecule has 0 amide bonds. The maximum absolute atomic E-state index is 10.8. The molecule has 0 aromatic heterocycles. The minimum absolute atomic E-state index is 0.0793. The van der Waals surface area contributed by atoms with Gasteiger partial charge in [-0.05, 0) is 19.3 Å². The van der Waals surface area contributed by atoms with Gasteiger partial charge < -0.3 is 15.3 Å². The van der Waals surface area contributed by atoms with Gasteiger partial charge in [0.25, 0.3) is 0 Å². The van der Waals surface area contributed by atoms with Gasteiger partial charge >= 0.3 is 11.9 Å². The van der Waals surface area contributed by atoms with E-state index in [9.17, 15) is 9.59 Å². The Hall–Kier alpha value is -1.10. The van der Waals surface area contributed by atoms with Crippen molar-refractivity contribution < 1.29 is 24.9 Å². The number of aliphatic hydroxyl groups excluding tert-OH is 1. The van der Waals surface area contributed by atoms with Crippen LogP contribution in [0.1, 0.15) is 26.7 Å². The predicted molar refractivity (Wildman–Crippen MR) is 48.9 cm³/mol. The lowest BCUT2D eigenvalue weighted by molar-refractivity contribution is -0.155. The summed E-state index contributed by atoms with van der Waals surface area (Å²) in [6, 6.07) is 0. The van der Waals surface area contributed by atoms with Gasteiger partial charge in [-0.1, -0.05) is 6.92 Å². The van der Waals surface area contributed by atoms with Crippen LogP contribution in [0.2, 0.25) is 0 Å². The monoisotopic (exact) mass is 204 g/mol. The van der Waals surface area contributed by atoms with Crippen molar-refractivity contribution in [1.29, 1.82) is 0 Å². The third-order valence-electron chi connectivity index (χ3n) is 2.70. The molecule has 0 aliphatic rings. The van der Waals surface area contributed by atoms with Gasteiger partial charge in [0, 0.05) is 6.42 Å². The van der Waals surface area contributed by atoms with Crippen LogP contribution in [0.4, 0.5) is 0 Å². The molecule has 82 valence electrons. The number of carbonyl (C=O) groups is 2. The third kappa shape index (κ3) is 2.99. The van der Waals surface area contributed by atoms with E-state index in [0.717, 1.165) is 0 Å². The molecule has 0 aliphatic carbocycles. The molecule has 5 heteroatoms. The van der Waals surface area contributed by atoms with E-state index in [-0.39, 0.29) is 18.8 Å². The van der Waals surface area contributed by atoms with Crippen molar-refractivity contribution in [3.63, 3.8) is 0 Å². The summed E-state index contributed by atoms with van der Waals surface area (Å²) in [4.78, 5) is 21.1. The number of hydrogen-bond acceptors (Lipinski definition) is 3. The Bertz CT molecular complexity index is 225. The molecule has 5 nitrogen and oxygen atoms in total. The number of carboxylic acids is 2. The Labute approximate surface area is 82.4 Å². The zero-order valence-corrected chi connectivity index (χ0v) is 8.36. The van der Waals surface area contributed by atoms with E-state index in [1.54, 1.807) is 6.92 Å². The Morgan fingerprint density at radius 2 is 1.86 bits per heavy atom. The first kappa shape index (κ1) is 12.9. The van der Waals surface area contributed by atoms with Crippen molar-refractivity contribution in [2.24, 2.45) is 11.3 Å². The zero-order chi connectivity index (χ0) is 11.4. The van der Waals surface area contributed by atoms with Gasteiger partial charge in [-0.15, -0.1) is 0 Å². The fourth-order valence-electron chi connectivity index (χ4n) is 1.09. The average molecular weight is 204 g/mol. The summed E-state index contributed by atoms with van der Waals surface area (Å²) in [6.07, 6.45) is 0.169. The van der Waals surface area contributed by atoms with Crippen LogP contribution in [0.3, 0.4) is 0 Å². The SMILES string of the molecule is CC(CCC(=O)O)C(C)(CO)C(=O)O. The summed E-state index contributed by atoms with van der Waals surface area (Å²) in [5, 5.41) is 26.3. The standard InChI is InChI=1S/C9H16O5/c1-6(3-4-7(11)12)9(2,5-10)8(13)14/h6,10H,3-5H2,1-2H3,(H,11,12)(H,13,14). The minimum Gasteiger partial charge on any atom is -0.481 e. The van der Waals surface area contributed by atoms with E-state index in [2.05, 4.69) is 0 Å². The van der Waals surface area contributed by atoms with Crippen LogP contribution < -0.4 is 0 Å². The fourth-order valence-corrected chi connectivity index (χ4v) is 1.09. The molecule has 0 heterocycles. The van der Waals surface area contributed by atoms with Gasteiger partial charge in [-0.3, -0.25) is 9.59 Å². The minimum atomic E-state index is -1.25. The van der Waals surface area contributed by atoms with Gasteiger partial charge in [0.05, 0.1) is 12.0 Å².